The summed E-state index contributed by atoms with van der Waals surface area (Å²) in [5.74, 6) is 0.921. The van der Waals surface area contributed by atoms with Crippen molar-refractivity contribution in [1.29, 1.82) is 0 Å². The van der Waals surface area contributed by atoms with E-state index in [2.05, 4.69) is 34.2 Å². The molecule has 5 heteroatoms. The van der Waals surface area contributed by atoms with Crippen LogP contribution in [0.1, 0.15) is 26.7 Å². The van der Waals surface area contributed by atoms with Gasteiger partial charge in [-0.15, -0.1) is 0 Å². The Morgan fingerprint density at radius 2 is 1.62 bits per heavy atom. The highest BCUT2D eigenvalue weighted by molar-refractivity contribution is 7.96. The number of rotatable bonds is 7. The SMILES string of the molecule is CSN1CCC(CN2CCN(CCOC(C)C)CC2)CC1. The fourth-order valence-electron chi connectivity index (χ4n) is 3.25. The second-order valence-electron chi connectivity index (χ2n) is 6.62. The van der Waals surface area contributed by atoms with Crippen LogP contribution in [0.15, 0.2) is 0 Å². The predicted octanol–water partition coefficient (Wildman–Crippen LogP) is 2.02. The van der Waals surface area contributed by atoms with Gasteiger partial charge in [0, 0.05) is 52.4 Å². The van der Waals surface area contributed by atoms with Crippen LogP contribution in [-0.4, -0.2) is 85.4 Å². The molecule has 0 radical (unpaired) electrons. The summed E-state index contributed by atoms with van der Waals surface area (Å²) >= 11 is 1.90. The van der Waals surface area contributed by atoms with Crippen LogP contribution in [0.5, 0.6) is 0 Å². The summed E-state index contributed by atoms with van der Waals surface area (Å²) in [6, 6.07) is 0. The van der Waals surface area contributed by atoms with Gasteiger partial charge in [0.1, 0.15) is 0 Å². The maximum Gasteiger partial charge on any atom is 0.0596 e. The van der Waals surface area contributed by atoms with Gasteiger partial charge in [-0.25, -0.2) is 0 Å². The van der Waals surface area contributed by atoms with Crippen molar-refractivity contribution in [3.8, 4) is 0 Å². The van der Waals surface area contributed by atoms with Gasteiger partial charge in [-0.2, -0.15) is 0 Å². The van der Waals surface area contributed by atoms with Gasteiger partial charge in [-0.3, -0.25) is 9.21 Å². The van der Waals surface area contributed by atoms with Crippen LogP contribution < -0.4 is 0 Å². The van der Waals surface area contributed by atoms with E-state index < -0.39 is 0 Å². The number of piperazine rings is 1. The lowest BCUT2D eigenvalue weighted by molar-refractivity contribution is 0.0412. The van der Waals surface area contributed by atoms with Gasteiger partial charge < -0.3 is 9.64 Å². The Bertz CT molecular complexity index is 275. The van der Waals surface area contributed by atoms with Crippen molar-refractivity contribution < 1.29 is 4.74 Å². The van der Waals surface area contributed by atoms with Gasteiger partial charge in [-0.1, -0.05) is 11.9 Å². The zero-order valence-corrected chi connectivity index (χ0v) is 14.9. The van der Waals surface area contributed by atoms with Crippen molar-refractivity contribution in [1.82, 2.24) is 14.1 Å². The molecule has 0 aromatic carbocycles. The van der Waals surface area contributed by atoms with Crippen LogP contribution in [0.2, 0.25) is 0 Å². The summed E-state index contributed by atoms with van der Waals surface area (Å²) in [4.78, 5) is 5.23. The highest BCUT2D eigenvalue weighted by atomic mass is 32.2. The van der Waals surface area contributed by atoms with Crippen LogP contribution in [0.3, 0.4) is 0 Å². The largest absolute Gasteiger partial charge is 0.377 e. The molecule has 2 aliphatic rings. The molecule has 0 aromatic rings. The Morgan fingerprint density at radius 1 is 1.00 bits per heavy atom. The molecule has 0 atom stereocenters. The number of hydrogen-bond donors (Lipinski definition) is 0. The lowest BCUT2D eigenvalue weighted by Gasteiger charge is -2.38. The molecule has 2 heterocycles. The first-order valence-corrected chi connectivity index (χ1v) is 9.71. The summed E-state index contributed by atoms with van der Waals surface area (Å²) in [7, 11) is 0. The lowest BCUT2D eigenvalue weighted by atomic mass is 9.97. The highest BCUT2D eigenvalue weighted by Gasteiger charge is 2.23. The molecular weight excluding hydrogens is 282 g/mol. The first-order chi connectivity index (χ1) is 10.2. The molecule has 0 saturated carbocycles. The molecule has 21 heavy (non-hydrogen) atoms. The van der Waals surface area contributed by atoms with E-state index in [0.717, 1.165) is 19.1 Å². The van der Waals surface area contributed by atoms with E-state index in [1.165, 1.54) is 58.7 Å². The summed E-state index contributed by atoms with van der Waals surface area (Å²) in [5, 5.41) is 0. The molecule has 0 amide bonds. The van der Waals surface area contributed by atoms with E-state index in [-0.39, 0.29) is 0 Å². The molecule has 0 unspecified atom stereocenters. The maximum absolute atomic E-state index is 5.65. The van der Waals surface area contributed by atoms with Crippen molar-refractivity contribution in [3.05, 3.63) is 0 Å². The quantitative estimate of drug-likeness (QED) is 0.667. The first-order valence-electron chi connectivity index (χ1n) is 8.52. The first kappa shape index (κ1) is 17.5. The Balaban J connectivity index is 1.57. The zero-order chi connectivity index (χ0) is 15.1. The minimum Gasteiger partial charge on any atom is -0.377 e. The third-order valence-corrected chi connectivity index (χ3v) is 5.55. The summed E-state index contributed by atoms with van der Waals surface area (Å²) < 4.78 is 8.15. The fraction of sp³-hybridized carbons (Fsp3) is 1.00. The molecule has 2 rings (SSSR count). The van der Waals surface area contributed by atoms with Gasteiger partial charge >= 0.3 is 0 Å². The highest BCUT2D eigenvalue weighted by Crippen LogP contribution is 2.22. The maximum atomic E-state index is 5.65. The Morgan fingerprint density at radius 3 is 2.19 bits per heavy atom. The molecule has 0 spiro atoms. The third-order valence-electron chi connectivity index (χ3n) is 4.67. The molecule has 0 N–H and O–H groups in total. The standard InChI is InChI=1S/C16H33N3OS/c1-15(2)20-13-12-17-8-10-18(11-9-17)14-16-4-6-19(21-3)7-5-16/h15-16H,4-14H2,1-3H3. The van der Waals surface area contributed by atoms with Crippen molar-refractivity contribution in [2.24, 2.45) is 5.92 Å². The average Bonchev–Trinajstić information content (AvgIpc) is 2.49. The van der Waals surface area contributed by atoms with E-state index in [1.807, 2.05) is 11.9 Å². The minimum absolute atomic E-state index is 0.360. The van der Waals surface area contributed by atoms with Crippen molar-refractivity contribution in [2.45, 2.75) is 32.8 Å². The Hall–Kier alpha value is 0.190. The minimum atomic E-state index is 0.360. The molecule has 0 aromatic heterocycles. The van der Waals surface area contributed by atoms with Gasteiger partial charge in [-0.05, 0) is 38.9 Å². The lowest BCUT2D eigenvalue weighted by Crippen LogP contribution is -2.49. The molecule has 0 aliphatic carbocycles. The monoisotopic (exact) mass is 315 g/mol. The van der Waals surface area contributed by atoms with Crippen LogP contribution in [0, 0.1) is 5.92 Å². The van der Waals surface area contributed by atoms with E-state index >= 15 is 0 Å². The molecule has 2 fully saturated rings. The predicted molar refractivity (Wildman–Crippen MR) is 91.8 cm³/mol. The topological polar surface area (TPSA) is 19.0 Å². The second kappa shape index (κ2) is 9.36. The molecule has 2 aliphatic heterocycles. The average molecular weight is 316 g/mol. The van der Waals surface area contributed by atoms with E-state index in [0.29, 0.717) is 6.10 Å². The van der Waals surface area contributed by atoms with Crippen LogP contribution in [0.4, 0.5) is 0 Å². The molecule has 4 nitrogen and oxygen atoms in total. The third kappa shape index (κ3) is 6.45. The van der Waals surface area contributed by atoms with Gasteiger partial charge in [0.2, 0.25) is 0 Å². The number of nitrogens with zero attached hydrogens (tertiary/aromatic N) is 3. The zero-order valence-electron chi connectivity index (χ0n) is 14.1. The van der Waals surface area contributed by atoms with Crippen LogP contribution in [-0.2, 0) is 4.74 Å². The Kier molecular flexibility index (Phi) is 7.82. The smallest absolute Gasteiger partial charge is 0.0596 e. The fourth-order valence-corrected chi connectivity index (χ4v) is 3.83. The van der Waals surface area contributed by atoms with Crippen molar-refractivity contribution in [2.75, 3.05) is 65.2 Å². The van der Waals surface area contributed by atoms with Crippen LogP contribution >= 0.6 is 11.9 Å². The molecule has 2 saturated heterocycles. The van der Waals surface area contributed by atoms with Crippen molar-refractivity contribution >= 4 is 11.9 Å². The molecular formula is C16H33N3OS. The van der Waals surface area contributed by atoms with Gasteiger partial charge in [0.15, 0.2) is 0 Å². The van der Waals surface area contributed by atoms with E-state index in [1.54, 1.807) is 0 Å². The Labute approximate surface area is 135 Å². The second-order valence-corrected chi connectivity index (χ2v) is 7.50. The van der Waals surface area contributed by atoms with Gasteiger partial charge in [0.05, 0.1) is 12.7 Å². The summed E-state index contributed by atoms with van der Waals surface area (Å²) in [5.41, 5.74) is 0. The van der Waals surface area contributed by atoms with E-state index in [9.17, 15) is 0 Å². The number of ether oxygens (including phenoxy) is 1. The molecule has 124 valence electrons. The number of piperidine rings is 1. The van der Waals surface area contributed by atoms with Gasteiger partial charge in [0.25, 0.3) is 0 Å². The van der Waals surface area contributed by atoms with Crippen molar-refractivity contribution in [3.63, 3.8) is 0 Å². The normalized spacial score (nSPS) is 24.0. The summed E-state index contributed by atoms with van der Waals surface area (Å²) in [6.45, 7) is 15.0. The molecule has 0 bridgehead atoms. The van der Waals surface area contributed by atoms with Crippen LogP contribution in [0.25, 0.3) is 0 Å². The van der Waals surface area contributed by atoms with E-state index in [4.69, 9.17) is 4.74 Å². The number of hydrogen-bond acceptors (Lipinski definition) is 5. The summed E-state index contributed by atoms with van der Waals surface area (Å²) in [6.07, 6.45) is 5.31.